The Kier molecular flexibility index (Phi) is 12.4. The fourth-order valence-corrected chi connectivity index (χ4v) is 1.92. The molecule has 1 aromatic rings. The molecule has 0 aromatic heterocycles. The number of aliphatic imine (C=N–C) groups is 1. The molecule has 1 rings (SSSR count). The van der Waals surface area contributed by atoms with Crippen LogP contribution in [0.4, 0.5) is 0 Å². The van der Waals surface area contributed by atoms with Gasteiger partial charge < -0.3 is 20.5 Å². The highest BCUT2D eigenvalue weighted by atomic mass is 127. The summed E-state index contributed by atoms with van der Waals surface area (Å²) in [6, 6.07) is 9.80. The maximum absolute atomic E-state index is 11.1. The summed E-state index contributed by atoms with van der Waals surface area (Å²) in [7, 11) is 1.37. The zero-order chi connectivity index (χ0) is 16.2. The Bertz CT molecular complexity index is 469. The first kappa shape index (κ1) is 21.6. The second kappa shape index (κ2) is 13.1. The first-order valence-corrected chi connectivity index (χ1v) is 7.46. The van der Waals surface area contributed by atoms with Crippen molar-refractivity contribution in [2.24, 2.45) is 4.99 Å². The number of guanidine groups is 1. The molecule has 23 heavy (non-hydrogen) atoms. The molecule has 0 fully saturated rings. The van der Waals surface area contributed by atoms with Crippen LogP contribution in [0.5, 0.6) is 0 Å². The van der Waals surface area contributed by atoms with Crippen molar-refractivity contribution in [1.29, 1.82) is 0 Å². The Hall–Kier alpha value is -1.35. The number of benzene rings is 1. The SMILES string of the molecule is CCNC(=NCC(CO)c1ccccc1)NCCC(=O)OC.I. The van der Waals surface area contributed by atoms with E-state index in [0.717, 1.165) is 12.1 Å². The molecule has 0 bridgehead atoms. The van der Waals surface area contributed by atoms with Crippen LogP contribution in [-0.2, 0) is 9.53 Å². The van der Waals surface area contributed by atoms with E-state index >= 15 is 0 Å². The predicted molar refractivity (Wildman–Crippen MR) is 102 cm³/mol. The van der Waals surface area contributed by atoms with Crippen LogP contribution in [-0.4, -0.2) is 50.4 Å². The topological polar surface area (TPSA) is 83.0 Å². The first-order valence-electron chi connectivity index (χ1n) is 7.46. The lowest BCUT2D eigenvalue weighted by Gasteiger charge is -2.15. The predicted octanol–water partition coefficient (Wildman–Crippen LogP) is 1.50. The highest BCUT2D eigenvalue weighted by Crippen LogP contribution is 2.14. The largest absolute Gasteiger partial charge is 0.469 e. The van der Waals surface area contributed by atoms with Crippen molar-refractivity contribution >= 4 is 35.9 Å². The normalized spacial score (nSPS) is 12.0. The number of esters is 1. The standard InChI is InChI=1S/C16H25N3O3.HI/c1-3-17-16(18-10-9-15(21)22-2)19-11-14(12-20)13-7-5-4-6-8-13;/h4-8,14,20H,3,9-12H2,1-2H3,(H2,17,18,19);1H. The van der Waals surface area contributed by atoms with Crippen molar-refractivity contribution in [3.8, 4) is 0 Å². The summed E-state index contributed by atoms with van der Waals surface area (Å²) in [6.45, 7) is 3.65. The summed E-state index contributed by atoms with van der Waals surface area (Å²) >= 11 is 0. The number of aliphatic hydroxyl groups excluding tert-OH is 1. The van der Waals surface area contributed by atoms with Gasteiger partial charge in [-0.15, -0.1) is 24.0 Å². The second-order valence-corrected chi connectivity index (χ2v) is 4.76. The molecule has 0 heterocycles. The number of carbonyl (C=O) groups is 1. The van der Waals surface area contributed by atoms with Crippen LogP contribution >= 0.6 is 24.0 Å². The maximum Gasteiger partial charge on any atom is 0.307 e. The zero-order valence-corrected chi connectivity index (χ0v) is 15.9. The van der Waals surface area contributed by atoms with E-state index in [9.17, 15) is 9.90 Å². The number of hydrogen-bond acceptors (Lipinski definition) is 4. The molecule has 6 nitrogen and oxygen atoms in total. The summed E-state index contributed by atoms with van der Waals surface area (Å²) in [5.74, 6) is 0.318. The van der Waals surface area contributed by atoms with Gasteiger partial charge in [-0.05, 0) is 12.5 Å². The Balaban J connectivity index is 0.00000484. The number of methoxy groups -OCH3 is 1. The van der Waals surface area contributed by atoms with E-state index in [2.05, 4.69) is 20.4 Å². The molecule has 0 aliphatic carbocycles. The molecule has 0 spiro atoms. The van der Waals surface area contributed by atoms with E-state index in [1.165, 1.54) is 7.11 Å². The van der Waals surface area contributed by atoms with Crippen molar-refractivity contribution in [3.63, 3.8) is 0 Å². The number of carbonyl (C=O) groups excluding carboxylic acids is 1. The lowest BCUT2D eigenvalue weighted by Crippen LogP contribution is -2.38. The molecule has 0 aliphatic heterocycles. The summed E-state index contributed by atoms with van der Waals surface area (Å²) in [4.78, 5) is 15.6. The number of nitrogens with one attached hydrogen (secondary N) is 2. The van der Waals surface area contributed by atoms with Gasteiger partial charge in [0.1, 0.15) is 0 Å². The van der Waals surface area contributed by atoms with E-state index < -0.39 is 0 Å². The van der Waals surface area contributed by atoms with Gasteiger partial charge in [0.15, 0.2) is 5.96 Å². The zero-order valence-electron chi connectivity index (χ0n) is 13.6. The van der Waals surface area contributed by atoms with Gasteiger partial charge in [0.25, 0.3) is 0 Å². The van der Waals surface area contributed by atoms with Gasteiger partial charge in [0.05, 0.1) is 26.7 Å². The molecule has 0 saturated heterocycles. The smallest absolute Gasteiger partial charge is 0.307 e. The van der Waals surface area contributed by atoms with Gasteiger partial charge in [0.2, 0.25) is 0 Å². The monoisotopic (exact) mass is 435 g/mol. The number of nitrogens with zero attached hydrogens (tertiary/aromatic N) is 1. The average Bonchev–Trinajstić information content (AvgIpc) is 2.56. The molecule has 0 radical (unpaired) electrons. The maximum atomic E-state index is 11.1. The van der Waals surface area contributed by atoms with Gasteiger partial charge in [0, 0.05) is 19.0 Å². The Morgan fingerprint density at radius 2 is 2.00 bits per heavy atom. The molecule has 0 amide bonds. The summed E-state index contributed by atoms with van der Waals surface area (Å²) < 4.78 is 4.59. The fourth-order valence-electron chi connectivity index (χ4n) is 1.92. The van der Waals surface area contributed by atoms with Crippen LogP contribution in [0.25, 0.3) is 0 Å². The Labute approximate surface area is 154 Å². The molecule has 1 unspecified atom stereocenters. The molecule has 3 N–H and O–H groups in total. The molecule has 130 valence electrons. The molecular weight excluding hydrogens is 409 g/mol. The number of halogens is 1. The van der Waals surface area contributed by atoms with Gasteiger partial charge in [-0.1, -0.05) is 30.3 Å². The quantitative estimate of drug-likeness (QED) is 0.250. The lowest BCUT2D eigenvalue weighted by atomic mass is 10.0. The van der Waals surface area contributed by atoms with Crippen molar-refractivity contribution < 1.29 is 14.6 Å². The van der Waals surface area contributed by atoms with Crippen LogP contribution < -0.4 is 10.6 Å². The lowest BCUT2D eigenvalue weighted by molar-refractivity contribution is -0.140. The fraction of sp³-hybridized carbons (Fsp3) is 0.500. The van der Waals surface area contributed by atoms with E-state index in [-0.39, 0.29) is 48.9 Å². The molecule has 7 heteroatoms. The Morgan fingerprint density at radius 3 is 2.57 bits per heavy atom. The molecule has 1 atom stereocenters. The summed E-state index contributed by atoms with van der Waals surface area (Å²) in [6.07, 6.45) is 0.281. The van der Waals surface area contributed by atoms with Crippen molar-refractivity contribution in [2.75, 3.05) is 33.4 Å². The Morgan fingerprint density at radius 1 is 1.30 bits per heavy atom. The van der Waals surface area contributed by atoms with E-state index in [1.54, 1.807) is 0 Å². The molecule has 0 saturated carbocycles. The minimum atomic E-state index is -0.263. The van der Waals surface area contributed by atoms with Crippen LogP contribution in [0.2, 0.25) is 0 Å². The van der Waals surface area contributed by atoms with Crippen molar-refractivity contribution in [2.45, 2.75) is 19.3 Å². The van der Waals surface area contributed by atoms with E-state index in [0.29, 0.717) is 19.0 Å². The summed E-state index contributed by atoms with van der Waals surface area (Å²) in [5.41, 5.74) is 1.05. The van der Waals surface area contributed by atoms with Gasteiger partial charge in [-0.2, -0.15) is 0 Å². The highest BCUT2D eigenvalue weighted by Gasteiger charge is 2.10. The van der Waals surface area contributed by atoms with Gasteiger partial charge >= 0.3 is 5.97 Å². The first-order chi connectivity index (χ1) is 10.7. The molecule has 1 aromatic carbocycles. The molecular formula is C16H26IN3O3. The number of aliphatic hydroxyl groups is 1. The average molecular weight is 435 g/mol. The second-order valence-electron chi connectivity index (χ2n) is 4.76. The van der Waals surface area contributed by atoms with Crippen molar-refractivity contribution in [3.05, 3.63) is 35.9 Å². The van der Waals surface area contributed by atoms with Crippen LogP contribution in [0.1, 0.15) is 24.8 Å². The van der Waals surface area contributed by atoms with Gasteiger partial charge in [-0.3, -0.25) is 9.79 Å². The number of ether oxygens (including phenoxy) is 1. The minimum Gasteiger partial charge on any atom is -0.469 e. The molecule has 0 aliphatic rings. The number of rotatable bonds is 8. The van der Waals surface area contributed by atoms with Crippen LogP contribution in [0, 0.1) is 0 Å². The third kappa shape index (κ3) is 8.75. The number of hydrogen-bond donors (Lipinski definition) is 3. The summed E-state index contributed by atoms with van der Waals surface area (Å²) in [5, 5.41) is 15.7. The van der Waals surface area contributed by atoms with Gasteiger partial charge in [-0.25, -0.2) is 0 Å². The van der Waals surface area contributed by atoms with E-state index in [1.807, 2.05) is 37.3 Å². The minimum absolute atomic E-state index is 0. The third-order valence-electron chi connectivity index (χ3n) is 3.15. The third-order valence-corrected chi connectivity index (χ3v) is 3.15. The van der Waals surface area contributed by atoms with Crippen molar-refractivity contribution in [1.82, 2.24) is 10.6 Å². The van der Waals surface area contributed by atoms with Crippen LogP contribution in [0.15, 0.2) is 35.3 Å². The van der Waals surface area contributed by atoms with Crippen LogP contribution in [0.3, 0.4) is 0 Å². The highest BCUT2D eigenvalue weighted by molar-refractivity contribution is 14.0. The van der Waals surface area contributed by atoms with E-state index in [4.69, 9.17) is 0 Å².